The highest BCUT2D eigenvalue weighted by Crippen LogP contribution is 2.54. The van der Waals surface area contributed by atoms with Gasteiger partial charge in [-0.25, -0.2) is 0 Å². The van der Waals surface area contributed by atoms with Crippen LogP contribution in [0.1, 0.15) is 61.3 Å². The van der Waals surface area contributed by atoms with Crippen LogP contribution in [-0.4, -0.2) is 11.6 Å². The van der Waals surface area contributed by atoms with Gasteiger partial charge in [-0.1, -0.05) is 20.8 Å². The fourth-order valence-electron chi connectivity index (χ4n) is 2.95. The second-order valence-electron chi connectivity index (χ2n) is 6.79. The van der Waals surface area contributed by atoms with Gasteiger partial charge in [-0.3, -0.25) is 0 Å². The quantitative estimate of drug-likeness (QED) is 0.745. The van der Waals surface area contributed by atoms with Gasteiger partial charge in [0.1, 0.15) is 0 Å². The third-order valence-electron chi connectivity index (χ3n) is 4.36. The summed E-state index contributed by atoms with van der Waals surface area (Å²) in [5, 5.41) is 3.75. The van der Waals surface area contributed by atoms with Crippen LogP contribution in [0, 0.1) is 17.3 Å². The average Bonchev–Trinajstić information content (AvgIpc) is 2.78. The summed E-state index contributed by atoms with van der Waals surface area (Å²) in [6.07, 6.45) is 2.72. The van der Waals surface area contributed by atoms with E-state index in [1.54, 1.807) is 0 Å². The van der Waals surface area contributed by atoms with Crippen LogP contribution in [-0.2, 0) is 0 Å². The van der Waals surface area contributed by atoms with Crippen molar-refractivity contribution in [2.24, 2.45) is 17.3 Å². The molecule has 4 atom stereocenters. The van der Waals surface area contributed by atoms with Crippen LogP contribution in [0.25, 0.3) is 0 Å². The third kappa shape index (κ3) is 2.96. The van der Waals surface area contributed by atoms with Crippen LogP contribution < -0.4 is 5.32 Å². The maximum Gasteiger partial charge on any atom is 0.01000 e. The molecule has 0 heterocycles. The molecule has 0 radical (unpaired) electrons. The zero-order chi connectivity index (χ0) is 11.9. The molecule has 0 bridgehead atoms. The van der Waals surface area contributed by atoms with Gasteiger partial charge in [0.2, 0.25) is 0 Å². The molecule has 1 rings (SSSR count). The predicted molar refractivity (Wildman–Crippen MR) is 68.0 cm³/mol. The van der Waals surface area contributed by atoms with Gasteiger partial charge >= 0.3 is 0 Å². The lowest BCUT2D eigenvalue weighted by Crippen LogP contribution is -2.50. The van der Waals surface area contributed by atoms with Crippen LogP contribution >= 0.6 is 0 Å². The Morgan fingerprint density at radius 1 is 1.27 bits per heavy atom. The monoisotopic (exact) mass is 211 g/mol. The molecule has 15 heavy (non-hydrogen) atoms. The summed E-state index contributed by atoms with van der Waals surface area (Å²) in [6, 6.07) is 0.609. The second-order valence-corrected chi connectivity index (χ2v) is 6.79. The molecule has 0 aromatic rings. The molecule has 0 aliphatic heterocycles. The molecule has 1 saturated carbocycles. The van der Waals surface area contributed by atoms with Gasteiger partial charge < -0.3 is 5.32 Å². The summed E-state index contributed by atoms with van der Waals surface area (Å²) in [7, 11) is 0. The second kappa shape index (κ2) is 4.08. The minimum atomic E-state index is 0.230. The SMILES string of the molecule is CC[C@](C)([C@H](C)NC(C)(C)C)[C@@H]1C[C@@H]1C. The van der Waals surface area contributed by atoms with Crippen molar-refractivity contribution in [3.05, 3.63) is 0 Å². The lowest BCUT2D eigenvalue weighted by molar-refractivity contribution is 0.148. The maximum absolute atomic E-state index is 3.75. The van der Waals surface area contributed by atoms with Crippen molar-refractivity contribution in [1.82, 2.24) is 5.32 Å². The largest absolute Gasteiger partial charge is 0.309 e. The maximum atomic E-state index is 3.75. The first-order chi connectivity index (χ1) is 6.70. The fourth-order valence-corrected chi connectivity index (χ4v) is 2.95. The summed E-state index contributed by atoms with van der Waals surface area (Å²) in [4.78, 5) is 0. The van der Waals surface area contributed by atoms with E-state index in [2.05, 4.69) is 53.8 Å². The number of hydrogen-bond donors (Lipinski definition) is 1. The van der Waals surface area contributed by atoms with Crippen LogP contribution in [0.15, 0.2) is 0 Å². The lowest BCUT2D eigenvalue weighted by Gasteiger charge is -2.40. The van der Waals surface area contributed by atoms with Crippen LogP contribution in [0.5, 0.6) is 0 Å². The first-order valence-corrected chi connectivity index (χ1v) is 6.48. The topological polar surface area (TPSA) is 12.0 Å². The molecule has 1 aliphatic carbocycles. The molecule has 1 aliphatic rings. The Kier molecular flexibility index (Phi) is 3.55. The Hall–Kier alpha value is -0.0400. The zero-order valence-electron chi connectivity index (χ0n) is 11.6. The van der Waals surface area contributed by atoms with Crippen molar-refractivity contribution in [2.75, 3.05) is 0 Å². The highest BCUT2D eigenvalue weighted by Gasteiger charge is 2.49. The van der Waals surface area contributed by atoms with E-state index in [1.165, 1.54) is 12.8 Å². The molecule has 1 heteroatoms. The van der Waals surface area contributed by atoms with E-state index in [1.807, 2.05) is 0 Å². The Morgan fingerprint density at radius 2 is 1.73 bits per heavy atom. The molecule has 0 saturated heterocycles. The van der Waals surface area contributed by atoms with Crippen LogP contribution in [0.4, 0.5) is 0 Å². The zero-order valence-corrected chi connectivity index (χ0v) is 11.6. The normalized spacial score (nSPS) is 32.2. The Labute approximate surface area is 96.0 Å². The molecule has 90 valence electrons. The minimum Gasteiger partial charge on any atom is -0.309 e. The molecular weight excluding hydrogens is 182 g/mol. The number of rotatable bonds is 4. The summed E-state index contributed by atoms with van der Waals surface area (Å²) < 4.78 is 0. The summed E-state index contributed by atoms with van der Waals surface area (Å²) in [6.45, 7) is 16.3. The van der Waals surface area contributed by atoms with E-state index in [4.69, 9.17) is 0 Å². The van der Waals surface area contributed by atoms with Crippen LogP contribution in [0.2, 0.25) is 0 Å². The van der Waals surface area contributed by atoms with Gasteiger partial charge in [0.25, 0.3) is 0 Å². The van der Waals surface area contributed by atoms with Gasteiger partial charge in [0.05, 0.1) is 0 Å². The van der Waals surface area contributed by atoms with Crippen molar-refractivity contribution < 1.29 is 0 Å². The van der Waals surface area contributed by atoms with E-state index in [-0.39, 0.29) is 5.54 Å². The van der Waals surface area contributed by atoms with Gasteiger partial charge in [0.15, 0.2) is 0 Å². The standard InChI is InChI=1S/C14H29N/c1-8-14(7,12-9-10(12)2)11(3)15-13(4,5)6/h10-12,15H,8-9H2,1-7H3/t10-,11-,12+,14+/m0/s1. The summed E-state index contributed by atoms with van der Waals surface area (Å²) in [5.74, 6) is 1.88. The van der Waals surface area contributed by atoms with Gasteiger partial charge in [-0.2, -0.15) is 0 Å². The van der Waals surface area contributed by atoms with Crippen molar-refractivity contribution in [1.29, 1.82) is 0 Å². The minimum absolute atomic E-state index is 0.230. The predicted octanol–water partition coefficient (Wildman–Crippen LogP) is 3.84. The van der Waals surface area contributed by atoms with Gasteiger partial charge in [-0.05, 0) is 57.8 Å². The van der Waals surface area contributed by atoms with Crippen molar-refractivity contribution in [3.63, 3.8) is 0 Å². The van der Waals surface area contributed by atoms with Crippen molar-refractivity contribution in [3.8, 4) is 0 Å². The number of nitrogens with one attached hydrogen (secondary N) is 1. The van der Waals surface area contributed by atoms with Crippen molar-refractivity contribution in [2.45, 2.75) is 72.9 Å². The van der Waals surface area contributed by atoms with E-state index >= 15 is 0 Å². The lowest BCUT2D eigenvalue weighted by atomic mass is 9.74. The van der Waals surface area contributed by atoms with E-state index in [0.29, 0.717) is 11.5 Å². The average molecular weight is 211 g/mol. The molecular formula is C14H29N. The van der Waals surface area contributed by atoms with Gasteiger partial charge in [-0.15, -0.1) is 0 Å². The Balaban J connectivity index is 2.65. The fraction of sp³-hybridized carbons (Fsp3) is 1.00. The molecule has 0 aromatic heterocycles. The highest BCUT2D eigenvalue weighted by molar-refractivity contribution is 5.01. The van der Waals surface area contributed by atoms with E-state index in [0.717, 1.165) is 11.8 Å². The molecule has 1 fully saturated rings. The Morgan fingerprint density at radius 3 is 2.00 bits per heavy atom. The highest BCUT2D eigenvalue weighted by atomic mass is 15.0. The van der Waals surface area contributed by atoms with Gasteiger partial charge in [0, 0.05) is 11.6 Å². The molecule has 0 aromatic carbocycles. The molecule has 0 unspecified atom stereocenters. The third-order valence-corrected chi connectivity index (χ3v) is 4.36. The van der Waals surface area contributed by atoms with Crippen molar-refractivity contribution >= 4 is 0 Å². The van der Waals surface area contributed by atoms with E-state index in [9.17, 15) is 0 Å². The molecule has 0 spiro atoms. The molecule has 1 nitrogen and oxygen atoms in total. The summed E-state index contributed by atoms with van der Waals surface area (Å²) in [5.41, 5.74) is 0.709. The smallest absolute Gasteiger partial charge is 0.01000 e. The first-order valence-electron chi connectivity index (χ1n) is 6.48. The first kappa shape index (κ1) is 13.0. The van der Waals surface area contributed by atoms with E-state index < -0.39 is 0 Å². The summed E-state index contributed by atoms with van der Waals surface area (Å²) >= 11 is 0. The van der Waals surface area contributed by atoms with Crippen LogP contribution in [0.3, 0.4) is 0 Å². The number of hydrogen-bond acceptors (Lipinski definition) is 1. The molecule has 1 N–H and O–H groups in total. The Bertz CT molecular complexity index is 216. The molecule has 0 amide bonds.